The van der Waals surface area contributed by atoms with Crippen molar-refractivity contribution in [1.82, 2.24) is 10.6 Å². The van der Waals surface area contributed by atoms with Gasteiger partial charge >= 0.3 is 18.0 Å². The van der Waals surface area contributed by atoms with E-state index in [2.05, 4.69) is 10.6 Å². The molecule has 0 aliphatic rings. The van der Waals surface area contributed by atoms with Crippen LogP contribution >= 0.6 is 0 Å². The molecule has 0 heterocycles. The normalized spacial score (nSPS) is 13.5. The zero-order valence-corrected chi connectivity index (χ0v) is 18.9. The fourth-order valence-corrected chi connectivity index (χ4v) is 2.52. The largest absolute Gasteiger partial charge is 0.481 e. The summed E-state index contributed by atoms with van der Waals surface area (Å²) in [6.45, 7) is 9.95. The van der Waals surface area contributed by atoms with Gasteiger partial charge < -0.3 is 25.2 Å². The first-order valence-corrected chi connectivity index (χ1v) is 9.95. The van der Waals surface area contributed by atoms with Crippen LogP contribution in [0.3, 0.4) is 0 Å². The van der Waals surface area contributed by atoms with E-state index in [0.717, 1.165) is 5.56 Å². The van der Waals surface area contributed by atoms with Crippen LogP contribution in [0.2, 0.25) is 0 Å². The lowest BCUT2D eigenvalue weighted by Crippen LogP contribution is -2.54. The number of hydrogen-bond acceptors (Lipinski definition) is 6. The number of carbonyl (C=O) groups excluding carboxylic acids is 3. The highest BCUT2D eigenvalue weighted by Crippen LogP contribution is 2.12. The van der Waals surface area contributed by atoms with Crippen LogP contribution in [0.15, 0.2) is 30.3 Å². The number of amides is 2. The molecule has 1 rings (SSSR count). The van der Waals surface area contributed by atoms with Crippen LogP contribution in [0.1, 0.15) is 53.5 Å². The summed E-state index contributed by atoms with van der Waals surface area (Å²) >= 11 is 0. The van der Waals surface area contributed by atoms with Crippen molar-refractivity contribution >= 4 is 23.9 Å². The van der Waals surface area contributed by atoms with E-state index < -0.39 is 53.6 Å². The molecule has 0 saturated heterocycles. The second-order valence-electron chi connectivity index (χ2n) is 9.08. The summed E-state index contributed by atoms with van der Waals surface area (Å²) in [5.74, 6) is -2.89. The van der Waals surface area contributed by atoms with Crippen LogP contribution in [0.5, 0.6) is 0 Å². The third-order valence-electron chi connectivity index (χ3n) is 3.68. The van der Waals surface area contributed by atoms with Gasteiger partial charge in [0.2, 0.25) is 5.91 Å². The number of aliphatic carboxylic acids is 1. The smallest absolute Gasteiger partial charge is 0.408 e. The molecule has 9 heteroatoms. The van der Waals surface area contributed by atoms with Crippen molar-refractivity contribution in [1.29, 1.82) is 0 Å². The lowest BCUT2D eigenvalue weighted by atomic mass is 10.0. The third kappa shape index (κ3) is 11.0. The summed E-state index contributed by atoms with van der Waals surface area (Å²) in [5, 5.41) is 14.0. The van der Waals surface area contributed by atoms with Gasteiger partial charge in [-0.25, -0.2) is 9.59 Å². The fraction of sp³-hybridized carbons (Fsp3) is 0.545. The Balaban J connectivity index is 3.04. The molecule has 0 saturated carbocycles. The number of hydrogen-bond donors (Lipinski definition) is 3. The highest BCUT2D eigenvalue weighted by Gasteiger charge is 2.32. The van der Waals surface area contributed by atoms with E-state index in [9.17, 15) is 19.2 Å². The molecule has 0 aliphatic heterocycles. The van der Waals surface area contributed by atoms with Crippen molar-refractivity contribution < 1.29 is 33.8 Å². The first-order valence-electron chi connectivity index (χ1n) is 9.95. The number of nitrogens with one attached hydrogen (secondary N) is 2. The van der Waals surface area contributed by atoms with Crippen LogP contribution in [0, 0.1) is 0 Å². The van der Waals surface area contributed by atoms with Gasteiger partial charge in [-0.2, -0.15) is 0 Å². The summed E-state index contributed by atoms with van der Waals surface area (Å²) < 4.78 is 10.4. The number of rotatable bonds is 8. The van der Waals surface area contributed by atoms with Gasteiger partial charge in [0.05, 0.1) is 6.42 Å². The summed E-state index contributed by atoms with van der Waals surface area (Å²) in [7, 11) is 0. The van der Waals surface area contributed by atoms with Crippen molar-refractivity contribution in [3.8, 4) is 0 Å². The molecule has 1 aromatic rings. The van der Waals surface area contributed by atoms with Gasteiger partial charge in [0.1, 0.15) is 23.3 Å². The van der Waals surface area contributed by atoms with Crippen LogP contribution in [-0.2, 0) is 30.3 Å². The van der Waals surface area contributed by atoms with E-state index in [-0.39, 0.29) is 6.42 Å². The molecule has 0 radical (unpaired) electrons. The summed E-state index contributed by atoms with van der Waals surface area (Å²) in [6.07, 6.45) is -1.36. The maximum atomic E-state index is 12.9. The molecule has 1 unspecified atom stereocenters. The predicted octanol–water partition coefficient (Wildman–Crippen LogP) is 2.42. The number of benzene rings is 1. The molecule has 172 valence electrons. The highest BCUT2D eigenvalue weighted by atomic mass is 16.6. The molecular weight excluding hydrogens is 404 g/mol. The number of carboxylic acids is 1. The first kappa shape index (κ1) is 25.9. The Bertz CT molecular complexity index is 779. The molecule has 0 fully saturated rings. The van der Waals surface area contributed by atoms with Gasteiger partial charge in [-0.3, -0.25) is 9.59 Å². The number of alkyl carbamates (subject to hydrolysis) is 1. The Morgan fingerprint density at radius 3 is 1.90 bits per heavy atom. The Morgan fingerprint density at radius 1 is 0.871 bits per heavy atom. The van der Waals surface area contributed by atoms with E-state index in [1.807, 2.05) is 6.07 Å². The first-order chi connectivity index (χ1) is 14.2. The Morgan fingerprint density at radius 2 is 1.42 bits per heavy atom. The van der Waals surface area contributed by atoms with Crippen molar-refractivity contribution in [2.45, 2.75) is 77.7 Å². The standard InChI is InChI=1S/C22H32N2O7/c1-21(2,3)30-19(28)16(13-17(25)26)23-18(27)15(12-14-10-8-7-9-11-14)24-20(29)31-22(4,5)6/h7-11,15-16H,12-13H2,1-6H3,(H,23,27)(H,24,29)(H,25,26)/t15-,16?/m0/s1. The SMILES string of the molecule is CC(C)(C)OC(=O)N[C@@H](Cc1ccccc1)C(=O)NC(CC(=O)O)C(=O)OC(C)(C)C. The van der Waals surface area contributed by atoms with Crippen molar-refractivity contribution in [2.75, 3.05) is 0 Å². The molecule has 3 N–H and O–H groups in total. The molecule has 0 spiro atoms. The van der Waals surface area contributed by atoms with Gasteiger partial charge in [-0.15, -0.1) is 0 Å². The molecule has 31 heavy (non-hydrogen) atoms. The summed E-state index contributed by atoms with van der Waals surface area (Å²) in [6, 6.07) is 6.42. The number of ether oxygens (including phenoxy) is 2. The topological polar surface area (TPSA) is 131 Å². The second kappa shape index (κ2) is 10.8. The van der Waals surface area contributed by atoms with Gasteiger partial charge in [0.15, 0.2) is 0 Å². The van der Waals surface area contributed by atoms with Crippen molar-refractivity contribution in [3.63, 3.8) is 0 Å². The van der Waals surface area contributed by atoms with Gasteiger partial charge in [-0.05, 0) is 47.1 Å². The van der Waals surface area contributed by atoms with Gasteiger partial charge in [0.25, 0.3) is 0 Å². The van der Waals surface area contributed by atoms with Crippen LogP contribution in [0.25, 0.3) is 0 Å². The maximum absolute atomic E-state index is 12.9. The van der Waals surface area contributed by atoms with Crippen LogP contribution in [0.4, 0.5) is 4.79 Å². The van der Waals surface area contributed by atoms with E-state index in [1.165, 1.54) is 0 Å². The number of esters is 1. The van der Waals surface area contributed by atoms with E-state index >= 15 is 0 Å². The van der Waals surface area contributed by atoms with E-state index in [4.69, 9.17) is 14.6 Å². The fourth-order valence-electron chi connectivity index (χ4n) is 2.52. The minimum atomic E-state index is -1.41. The molecule has 0 aromatic heterocycles. The molecule has 0 bridgehead atoms. The highest BCUT2D eigenvalue weighted by molar-refractivity contribution is 5.91. The Labute approximate surface area is 182 Å². The molecular formula is C22H32N2O7. The molecule has 0 aliphatic carbocycles. The van der Waals surface area contributed by atoms with Gasteiger partial charge in [0, 0.05) is 6.42 Å². The van der Waals surface area contributed by atoms with Crippen molar-refractivity contribution in [3.05, 3.63) is 35.9 Å². The quantitative estimate of drug-likeness (QED) is 0.533. The average molecular weight is 437 g/mol. The molecule has 2 amide bonds. The second-order valence-corrected chi connectivity index (χ2v) is 9.08. The minimum Gasteiger partial charge on any atom is -0.481 e. The molecule has 2 atom stereocenters. The summed E-state index contributed by atoms with van der Waals surface area (Å²) in [4.78, 5) is 48.8. The van der Waals surface area contributed by atoms with Crippen LogP contribution < -0.4 is 10.6 Å². The molecule has 9 nitrogen and oxygen atoms in total. The van der Waals surface area contributed by atoms with E-state index in [1.54, 1.807) is 65.8 Å². The van der Waals surface area contributed by atoms with E-state index in [0.29, 0.717) is 0 Å². The lowest BCUT2D eigenvalue weighted by molar-refractivity contribution is -0.161. The average Bonchev–Trinajstić information content (AvgIpc) is 2.58. The Kier molecular flexibility index (Phi) is 9.02. The van der Waals surface area contributed by atoms with Crippen molar-refractivity contribution in [2.24, 2.45) is 0 Å². The third-order valence-corrected chi connectivity index (χ3v) is 3.68. The monoisotopic (exact) mass is 436 g/mol. The zero-order chi connectivity index (χ0) is 23.8. The Hall–Kier alpha value is -3.10. The lowest BCUT2D eigenvalue weighted by Gasteiger charge is -2.26. The molecule has 1 aromatic carbocycles. The predicted molar refractivity (Wildman–Crippen MR) is 113 cm³/mol. The maximum Gasteiger partial charge on any atom is 0.408 e. The number of carbonyl (C=O) groups is 4. The zero-order valence-electron chi connectivity index (χ0n) is 18.9. The minimum absolute atomic E-state index is 0.111. The number of carboxylic acid groups (broad SMARTS) is 1. The van der Waals surface area contributed by atoms with Crippen LogP contribution in [-0.4, -0.2) is 52.3 Å². The van der Waals surface area contributed by atoms with Gasteiger partial charge in [-0.1, -0.05) is 30.3 Å². The summed E-state index contributed by atoms with van der Waals surface area (Å²) in [5.41, 5.74) is -0.887.